The molecule has 8 nitrogen and oxygen atoms in total. The van der Waals surface area contributed by atoms with Gasteiger partial charge in [-0.15, -0.1) is 0 Å². The summed E-state index contributed by atoms with van der Waals surface area (Å²) in [5.41, 5.74) is 3.44. The van der Waals surface area contributed by atoms with E-state index in [1.807, 2.05) is 37.4 Å². The van der Waals surface area contributed by atoms with Gasteiger partial charge < -0.3 is 14.5 Å². The maximum atomic E-state index is 14.4. The van der Waals surface area contributed by atoms with Crippen LogP contribution in [-0.4, -0.2) is 54.9 Å². The van der Waals surface area contributed by atoms with Crippen molar-refractivity contribution in [2.75, 3.05) is 41.0 Å². The summed E-state index contributed by atoms with van der Waals surface area (Å²) in [6.07, 6.45) is 2.40. The zero-order valence-corrected chi connectivity index (χ0v) is 21.0. The summed E-state index contributed by atoms with van der Waals surface area (Å²) in [7, 11) is 0. The van der Waals surface area contributed by atoms with Crippen LogP contribution in [0.15, 0.2) is 78.0 Å². The van der Waals surface area contributed by atoms with Gasteiger partial charge >= 0.3 is 5.97 Å². The van der Waals surface area contributed by atoms with E-state index in [1.54, 1.807) is 31.2 Å². The first-order valence-electron chi connectivity index (χ1n) is 12.7. The standard InChI is InChI=1S/C29H29N5O3/c1-3-37-27(35)21-11-13-23(14-12-21)34-28(36)29(20(2)31-34)18-22-8-4-5-9-24(22)33-17-16-32(19-25(29)33)26-10-6-7-15-30-26/h4-15,25H,3,16-19H2,1-2H3/t25-,29+/m1/s1. The van der Waals surface area contributed by atoms with E-state index in [0.29, 0.717) is 30.8 Å². The molecule has 1 aromatic heterocycles. The van der Waals surface area contributed by atoms with E-state index in [9.17, 15) is 9.59 Å². The minimum absolute atomic E-state index is 0.0405. The molecule has 1 amide bonds. The zero-order valence-electron chi connectivity index (χ0n) is 21.0. The number of para-hydroxylation sites is 1. The number of amides is 1. The Labute approximate surface area is 216 Å². The molecule has 4 heterocycles. The maximum Gasteiger partial charge on any atom is 0.338 e. The summed E-state index contributed by atoms with van der Waals surface area (Å²) >= 11 is 0. The molecule has 188 valence electrons. The van der Waals surface area contributed by atoms with E-state index >= 15 is 0 Å². The lowest BCUT2D eigenvalue weighted by atomic mass is 9.67. The summed E-state index contributed by atoms with van der Waals surface area (Å²) in [4.78, 5) is 35.7. The van der Waals surface area contributed by atoms with Crippen LogP contribution < -0.4 is 14.8 Å². The fourth-order valence-electron chi connectivity index (χ4n) is 5.94. The number of carbonyl (C=O) groups excluding carboxylic acids is 2. The van der Waals surface area contributed by atoms with E-state index in [4.69, 9.17) is 9.84 Å². The third kappa shape index (κ3) is 3.66. The number of rotatable bonds is 4. The highest BCUT2D eigenvalue weighted by Crippen LogP contribution is 2.48. The summed E-state index contributed by atoms with van der Waals surface area (Å²) in [6, 6.07) is 21.1. The third-order valence-electron chi connectivity index (χ3n) is 7.79. The monoisotopic (exact) mass is 495 g/mol. The van der Waals surface area contributed by atoms with Crippen molar-refractivity contribution in [3.8, 4) is 0 Å². The summed E-state index contributed by atoms with van der Waals surface area (Å²) in [6.45, 7) is 6.33. The lowest BCUT2D eigenvalue weighted by Gasteiger charge is -2.53. The van der Waals surface area contributed by atoms with Crippen LogP contribution in [0, 0.1) is 5.41 Å². The van der Waals surface area contributed by atoms with Gasteiger partial charge in [-0.3, -0.25) is 4.79 Å². The normalized spacial score (nSPS) is 22.5. The molecule has 1 fully saturated rings. The molecule has 1 spiro atoms. The lowest BCUT2D eigenvalue weighted by molar-refractivity contribution is -0.125. The number of anilines is 3. The van der Waals surface area contributed by atoms with E-state index in [1.165, 1.54) is 10.7 Å². The number of fused-ring (bicyclic) bond motifs is 4. The number of hydrazone groups is 1. The Morgan fingerprint density at radius 2 is 1.84 bits per heavy atom. The molecule has 2 atom stereocenters. The molecule has 0 N–H and O–H groups in total. The van der Waals surface area contributed by atoms with Crippen molar-refractivity contribution < 1.29 is 14.3 Å². The van der Waals surface area contributed by atoms with E-state index in [2.05, 4.69) is 33.0 Å². The third-order valence-corrected chi connectivity index (χ3v) is 7.79. The average Bonchev–Trinajstić information content (AvgIpc) is 3.19. The van der Waals surface area contributed by atoms with Crippen LogP contribution in [0.3, 0.4) is 0 Å². The molecule has 0 bridgehead atoms. The molecule has 37 heavy (non-hydrogen) atoms. The minimum atomic E-state index is -0.804. The van der Waals surface area contributed by atoms with Gasteiger partial charge in [-0.2, -0.15) is 10.1 Å². The minimum Gasteiger partial charge on any atom is -0.462 e. The summed E-state index contributed by atoms with van der Waals surface area (Å²) < 4.78 is 5.10. The second-order valence-electron chi connectivity index (χ2n) is 9.69. The van der Waals surface area contributed by atoms with E-state index in [-0.39, 0.29) is 17.9 Å². The van der Waals surface area contributed by atoms with E-state index < -0.39 is 5.41 Å². The molecule has 3 aliphatic rings. The highest BCUT2D eigenvalue weighted by molar-refractivity contribution is 6.20. The Balaban J connectivity index is 1.38. The number of hydrogen-bond acceptors (Lipinski definition) is 7. The second-order valence-corrected chi connectivity index (χ2v) is 9.69. The van der Waals surface area contributed by atoms with Crippen molar-refractivity contribution in [2.45, 2.75) is 26.3 Å². The Hall–Kier alpha value is -4.20. The quantitative estimate of drug-likeness (QED) is 0.511. The van der Waals surface area contributed by atoms with Gasteiger partial charge in [0.1, 0.15) is 11.2 Å². The van der Waals surface area contributed by atoms with Crippen molar-refractivity contribution in [2.24, 2.45) is 10.5 Å². The topological polar surface area (TPSA) is 78.3 Å². The van der Waals surface area contributed by atoms with E-state index in [0.717, 1.165) is 30.2 Å². The molecule has 3 aromatic rings. The second kappa shape index (κ2) is 9.03. The van der Waals surface area contributed by atoms with Crippen molar-refractivity contribution in [1.29, 1.82) is 0 Å². The van der Waals surface area contributed by atoms with Gasteiger partial charge in [-0.1, -0.05) is 24.3 Å². The van der Waals surface area contributed by atoms with Gasteiger partial charge in [0.2, 0.25) is 0 Å². The van der Waals surface area contributed by atoms with Crippen LogP contribution in [0.25, 0.3) is 0 Å². The molecule has 0 radical (unpaired) electrons. The lowest BCUT2D eigenvalue weighted by Crippen LogP contribution is -2.67. The number of pyridine rings is 1. The highest BCUT2D eigenvalue weighted by atomic mass is 16.5. The Morgan fingerprint density at radius 1 is 1.05 bits per heavy atom. The van der Waals surface area contributed by atoms with Crippen molar-refractivity contribution in [3.63, 3.8) is 0 Å². The molecule has 6 rings (SSSR count). The van der Waals surface area contributed by atoms with Gasteiger partial charge in [0.05, 0.1) is 29.6 Å². The Bertz CT molecular complexity index is 1370. The number of esters is 1. The molecule has 0 aliphatic carbocycles. The number of aromatic nitrogens is 1. The van der Waals surface area contributed by atoms with Crippen molar-refractivity contribution >= 4 is 34.8 Å². The van der Waals surface area contributed by atoms with Gasteiger partial charge in [0, 0.05) is 31.5 Å². The molecule has 2 aromatic carbocycles. The maximum absolute atomic E-state index is 14.4. The first-order valence-corrected chi connectivity index (χ1v) is 12.7. The Morgan fingerprint density at radius 3 is 2.59 bits per heavy atom. The van der Waals surface area contributed by atoms with Gasteiger partial charge in [0.15, 0.2) is 0 Å². The van der Waals surface area contributed by atoms with Crippen LogP contribution in [-0.2, 0) is 16.0 Å². The zero-order chi connectivity index (χ0) is 25.6. The molecular formula is C29H29N5O3. The number of carbonyl (C=O) groups is 2. The number of ether oxygens (including phenoxy) is 1. The largest absolute Gasteiger partial charge is 0.462 e. The molecule has 0 saturated carbocycles. The Kier molecular flexibility index (Phi) is 5.67. The van der Waals surface area contributed by atoms with Crippen LogP contribution in [0.4, 0.5) is 17.2 Å². The van der Waals surface area contributed by atoms with Crippen LogP contribution in [0.5, 0.6) is 0 Å². The fourth-order valence-corrected chi connectivity index (χ4v) is 5.94. The van der Waals surface area contributed by atoms with Crippen LogP contribution >= 0.6 is 0 Å². The van der Waals surface area contributed by atoms with Crippen molar-refractivity contribution in [1.82, 2.24) is 4.98 Å². The van der Waals surface area contributed by atoms with Gasteiger partial charge in [0.25, 0.3) is 5.91 Å². The predicted octanol–water partition coefficient (Wildman–Crippen LogP) is 3.92. The fraction of sp³-hybridized carbons (Fsp3) is 0.310. The SMILES string of the molecule is CCOC(=O)c1ccc(N2N=C(C)[C@]3(Cc4ccccc4N4CCN(c5ccccn5)C[C@@H]43)C2=O)cc1. The van der Waals surface area contributed by atoms with Gasteiger partial charge in [-0.25, -0.2) is 9.78 Å². The highest BCUT2D eigenvalue weighted by Gasteiger charge is 2.60. The predicted molar refractivity (Wildman–Crippen MR) is 143 cm³/mol. The average molecular weight is 496 g/mol. The van der Waals surface area contributed by atoms with Crippen molar-refractivity contribution in [3.05, 3.63) is 84.1 Å². The molecule has 8 heteroatoms. The summed E-state index contributed by atoms with van der Waals surface area (Å²) in [5, 5.41) is 6.32. The number of benzene rings is 2. The summed E-state index contributed by atoms with van der Waals surface area (Å²) in [5.74, 6) is 0.498. The molecule has 1 saturated heterocycles. The molecule has 3 aliphatic heterocycles. The first-order chi connectivity index (χ1) is 18.0. The number of nitrogens with zero attached hydrogens (tertiary/aromatic N) is 5. The first kappa shape index (κ1) is 23.2. The van der Waals surface area contributed by atoms with Gasteiger partial charge in [-0.05, 0) is 68.3 Å². The van der Waals surface area contributed by atoms with Crippen LogP contribution in [0.1, 0.15) is 29.8 Å². The molecule has 0 unspecified atom stereocenters. The molecular weight excluding hydrogens is 466 g/mol. The number of piperazine rings is 1. The smallest absolute Gasteiger partial charge is 0.338 e. The van der Waals surface area contributed by atoms with Crippen LogP contribution in [0.2, 0.25) is 0 Å². The number of hydrogen-bond donors (Lipinski definition) is 0.